The lowest BCUT2D eigenvalue weighted by atomic mass is 9.98. The van der Waals surface area contributed by atoms with Gasteiger partial charge in [0.05, 0.1) is 0 Å². The Morgan fingerprint density at radius 2 is 1.50 bits per heavy atom. The van der Waals surface area contributed by atoms with Crippen molar-refractivity contribution < 1.29 is 5.11 Å². The van der Waals surface area contributed by atoms with E-state index in [9.17, 15) is 5.11 Å². The summed E-state index contributed by atoms with van der Waals surface area (Å²) in [6.45, 7) is 2.08. The van der Waals surface area contributed by atoms with Gasteiger partial charge in [0.25, 0.3) is 0 Å². The predicted octanol–water partition coefficient (Wildman–Crippen LogP) is 3.87. The second-order valence-electron chi connectivity index (χ2n) is 4.50. The molecule has 1 atom stereocenters. The Morgan fingerprint density at radius 1 is 1.00 bits per heavy atom. The van der Waals surface area contributed by atoms with E-state index in [4.69, 9.17) is 0 Å². The van der Waals surface area contributed by atoms with E-state index in [1.54, 1.807) is 11.8 Å². The van der Waals surface area contributed by atoms with Crippen molar-refractivity contribution in [1.82, 2.24) is 0 Å². The maximum atomic E-state index is 10.4. The molecule has 1 aliphatic rings. The highest BCUT2D eigenvalue weighted by atomic mass is 32.2. The number of fused-ring (bicyclic) bond motifs is 3. The maximum absolute atomic E-state index is 10.4. The third-order valence-corrected chi connectivity index (χ3v) is 4.45. The molecule has 1 aliphatic carbocycles. The van der Waals surface area contributed by atoms with Crippen molar-refractivity contribution in [2.45, 2.75) is 18.3 Å². The first-order valence-electron chi connectivity index (χ1n) is 6.31. The van der Waals surface area contributed by atoms with E-state index in [-0.39, 0.29) is 11.4 Å². The van der Waals surface area contributed by atoms with E-state index in [1.807, 2.05) is 0 Å². The molecule has 0 heterocycles. The Kier molecular flexibility index (Phi) is 3.14. The first-order chi connectivity index (χ1) is 8.83. The normalized spacial score (nSPS) is 15.2. The van der Waals surface area contributed by atoms with Crippen molar-refractivity contribution in [1.29, 1.82) is 0 Å². The van der Waals surface area contributed by atoms with Gasteiger partial charge < -0.3 is 5.11 Å². The molecule has 0 aliphatic heterocycles. The number of hydrogen-bond acceptors (Lipinski definition) is 2. The minimum absolute atomic E-state index is 0.113. The number of thioether (sulfide) groups is 1. The van der Waals surface area contributed by atoms with Crippen molar-refractivity contribution in [3.05, 3.63) is 59.7 Å². The third kappa shape index (κ3) is 1.76. The Morgan fingerprint density at radius 3 is 2.00 bits per heavy atom. The summed E-state index contributed by atoms with van der Waals surface area (Å²) in [6.07, 6.45) is 0. The molecular formula is C16H16OS. The second kappa shape index (κ2) is 4.79. The zero-order valence-electron chi connectivity index (χ0n) is 10.3. The summed E-state index contributed by atoms with van der Waals surface area (Å²) in [4.78, 5) is 0. The molecule has 2 aromatic carbocycles. The van der Waals surface area contributed by atoms with Crippen LogP contribution >= 0.6 is 11.8 Å². The summed E-state index contributed by atoms with van der Waals surface area (Å²) in [5.41, 5.74) is 4.70. The van der Waals surface area contributed by atoms with E-state index < -0.39 is 0 Å². The SMILES string of the molecule is CCSC(O)C1c2ccccc2-c2ccccc21. The fourth-order valence-electron chi connectivity index (χ4n) is 2.77. The third-order valence-electron chi connectivity index (χ3n) is 3.50. The van der Waals surface area contributed by atoms with Crippen molar-refractivity contribution in [3.63, 3.8) is 0 Å². The van der Waals surface area contributed by atoms with Gasteiger partial charge in [-0.25, -0.2) is 0 Å². The highest BCUT2D eigenvalue weighted by Crippen LogP contribution is 2.47. The van der Waals surface area contributed by atoms with Crippen LogP contribution in [0.4, 0.5) is 0 Å². The number of rotatable bonds is 3. The molecule has 0 saturated carbocycles. The minimum Gasteiger partial charge on any atom is -0.381 e. The predicted molar refractivity (Wildman–Crippen MR) is 77.9 cm³/mol. The molecule has 0 aromatic heterocycles. The van der Waals surface area contributed by atoms with E-state index >= 15 is 0 Å². The molecule has 0 radical (unpaired) electrons. The van der Waals surface area contributed by atoms with Crippen molar-refractivity contribution in [2.24, 2.45) is 0 Å². The van der Waals surface area contributed by atoms with Crippen LogP contribution in [0.1, 0.15) is 24.0 Å². The minimum atomic E-state index is -0.361. The summed E-state index contributed by atoms with van der Waals surface area (Å²) < 4.78 is 0. The van der Waals surface area contributed by atoms with Gasteiger partial charge in [0.2, 0.25) is 0 Å². The zero-order chi connectivity index (χ0) is 12.5. The average molecular weight is 256 g/mol. The van der Waals surface area contributed by atoms with Crippen molar-refractivity contribution in [3.8, 4) is 11.1 Å². The smallest absolute Gasteiger partial charge is 0.110 e. The zero-order valence-corrected chi connectivity index (χ0v) is 11.2. The van der Waals surface area contributed by atoms with Crippen LogP contribution < -0.4 is 0 Å². The summed E-state index contributed by atoms with van der Waals surface area (Å²) in [6, 6.07) is 16.8. The van der Waals surface area contributed by atoms with Crippen LogP contribution in [0.2, 0.25) is 0 Å². The van der Waals surface area contributed by atoms with Crippen LogP contribution in [0.15, 0.2) is 48.5 Å². The van der Waals surface area contributed by atoms with Crippen LogP contribution in [0.25, 0.3) is 11.1 Å². The second-order valence-corrected chi connectivity index (χ2v) is 5.89. The van der Waals surface area contributed by atoms with E-state index in [0.29, 0.717) is 0 Å². The first kappa shape index (κ1) is 11.8. The molecule has 2 heteroatoms. The average Bonchev–Trinajstić information content (AvgIpc) is 2.73. The number of aliphatic hydroxyl groups is 1. The standard InChI is InChI=1S/C16H16OS/c1-2-18-16(17)15-13-9-5-3-7-11(13)12-8-4-6-10-14(12)15/h3-10,15-17H,2H2,1H3. The molecule has 2 aromatic rings. The van der Waals surface area contributed by atoms with Gasteiger partial charge in [-0.3, -0.25) is 0 Å². The molecule has 1 N–H and O–H groups in total. The summed E-state index contributed by atoms with van der Waals surface area (Å²) >= 11 is 1.61. The largest absolute Gasteiger partial charge is 0.381 e. The molecule has 0 amide bonds. The highest BCUT2D eigenvalue weighted by molar-refractivity contribution is 7.99. The van der Waals surface area contributed by atoms with Crippen LogP contribution in [-0.4, -0.2) is 16.3 Å². The molecule has 92 valence electrons. The molecule has 0 fully saturated rings. The van der Waals surface area contributed by atoms with Crippen LogP contribution in [-0.2, 0) is 0 Å². The molecule has 1 unspecified atom stereocenters. The van der Waals surface area contributed by atoms with Crippen molar-refractivity contribution >= 4 is 11.8 Å². The molecule has 1 nitrogen and oxygen atoms in total. The molecule has 0 spiro atoms. The Labute approximate surface area is 112 Å². The first-order valence-corrected chi connectivity index (χ1v) is 7.35. The van der Waals surface area contributed by atoms with Gasteiger partial charge in [0, 0.05) is 5.92 Å². The molecule has 18 heavy (non-hydrogen) atoms. The van der Waals surface area contributed by atoms with Crippen molar-refractivity contribution in [2.75, 3.05) is 5.75 Å². The van der Waals surface area contributed by atoms with E-state index in [2.05, 4.69) is 55.5 Å². The van der Waals surface area contributed by atoms with Crippen LogP contribution in [0.5, 0.6) is 0 Å². The lowest BCUT2D eigenvalue weighted by molar-refractivity contribution is 0.246. The Balaban J connectivity index is 2.14. The monoisotopic (exact) mass is 256 g/mol. The van der Waals surface area contributed by atoms with Gasteiger partial charge >= 0.3 is 0 Å². The maximum Gasteiger partial charge on any atom is 0.110 e. The quantitative estimate of drug-likeness (QED) is 0.841. The van der Waals surface area contributed by atoms with Gasteiger partial charge in [-0.15, -0.1) is 11.8 Å². The van der Waals surface area contributed by atoms with E-state index in [1.165, 1.54) is 22.3 Å². The van der Waals surface area contributed by atoms with Gasteiger partial charge in [-0.1, -0.05) is 55.5 Å². The van der Waals surface area contributed by atoms with Gasteiger partial charge in [-0.2, -0.15) is 0 Å². The summed E-state index contributed by atoms with van der Waals surface area (Å²) in [7, 11) is 0. The number of benzene rings is 2. The Hall–Kier alpha value is -1.25. The molecule has 0 bridgehead atoms. The summed E-state index contributed by atoms with van der Waals surface area (Å²) in [5, 5.41) is 10.4. The number of hydrogen-bond donors (Lipinski definition) is 1. The summed E-state index contributed by atoms with van der Waals surface area (Å²) in [5.74, 6) is 1.05. The van der Waals surface area contributed by atoms with Gasteiger partial charge in [0.1, 0.15) is 5.44 Å². The lowest BCUT2D eigenvalue weighted by Gasteiger charge is -2.19. The van der Waals surface area contributed by atoms with E-state index in [0.717, 1.165) is 5.75 Å². The molecule has 0 saturated heterocycles. The lowest BCUT2D eigenvalue weighted by Crippen LogP contribution is -2.14. The fourth-order valence-corrected chi connectivity index (χ4v) is 3.60. The highest BCUT2D eigenvalue weighted by Gasteiger charge is 2.32. The molecule has 3 rings (SSSR count). The molecular weight excluding hydrogens is 240 g/mol. The van der Waals surface area contributed by atoms with Crippen LogP contribution in [0, 0.1) is 0 Å². The Bertz CT molecular complexity index is 519. The fraction of sp³-hybridized carbons (Fsp3) is 0.250. The number of aliphatic hydroxyl groups excluding tert-OH is 1. The van der Waals surface area contributed by atoms with Crippen LogP contribution in [0.3, 0.4) is 0 Å². The topological polar surface area (TPSA) is 20.2 Å². The van der Waals surface area contributed by atoms with Gasteiger partial charge in [-0.05, 0) is 28.0 Å². The van der Waals surface area contributed by atoms with Gasteiger partial charge in [0.15, 0.2) is 0 Å².